The maximum Gasteiger partial charge on any atom is 0.336 e. The van der Waals surface area contributed by atoms with E-state index in [1.165, 1.54) is 0 Å². The molecular formula is C21H25NO5. The van der Waals surface area contributed by atoms with Crippen LogP contribution in [0.4, 0.5) is 0 Å². The molecule has 1 aromatic rings. The molecular weight excluding hydrogens is 346 g/mol. The molecule has 1 aliphatic carbocycles. The van der Waals surface area contributed by atoms with Gasteiger partial charge in [0, 0.05) is 30.0 Å². The molecule has 0 amide bonds. The number of dihydropyridines is 1. The number of hydrogen-bond donors (Lipinski definition) is 1. The highest BCUT2D eigenvalue weighted by Gasteiger charge is 2.40. The van der Waals surface area contributed by atoms with Gasteiger partial charge in [-0.05, 0) is 51.7 Å². The summed E-state index contributed by atoms with van der Waals surface area (Å²) in [5.41, 5.74) is 2.72. The normalized spacial score (nSPS) is 25.5. The van der Waals surface area contributed by atoms with Crippen molar-refractivity contribution in [2.45, 2.75) is 58.0 Å². The maximum atomic E-state index is 13.0. The van der Waals surface area contributed by atoms with E-state index in [-0.39, 0.29) is 18.5 Å². The van der Waals surface area contributed by atoms with Crippen molar-refractivity contribution < 1.29 is 23.5 Å². The Morgan fingerprint density at radius 3 is 2.81 bits per heavy atom. The first-order valence-electron chi connectivity index (χ1n) is 9.63. The summed E-state index contributed by atoms with van der Waals surface area (Å²) in [6.07, 6.45) is 3.96. The fourth-order valence-corrected chi connectivity index (χ4v) is 4.17. The Balaban J connectivity index is 1.67. The van der Waals surface area contributed by atoms with Crippen LogP contribution < -0.4 is 5.32 Å². The SMILES string of the molecule is CC1=C(C(=O)OCC2CCCO2)C(c2ccc(C)o2)C2=C(CCCC2=O)N1. The van der Waals surface area contributed by atoms with Gasteiger partial charge in [-0.3, -0.25) is 4.79 Å². The van der Waals surface area contributed by atoms with E-state index in [9.17, 15) is 9.59 Å². The van der Waals surface area contributed by atoms with Crippen LogP contribution in [0.5, 0.6) is 0 Å². The van der Waals surface area contributed by atoms with Crippen LogP contribution in [0.1, 0.15) is 56.5 Å². The molecule has 1 saturated heterocycles. The lowest BCUT2D eigenvalue weighted by Gasteiger charge is -2.33. The average Bonchev–Trinajstić information content (AvgIpc) is 3.30. The highest BCUT2D eigenvalue weighted by molar-refractivity contribution is 6.03. The second-order valence-corrected chi connectivity index (χ2v) is 7.45. The number of furan rings is 1. The number of esters is 1. The van der Waals surface area contributed by atoms with E-state index in [1.54, 1.807) is 0 Å². The topological polar surface area (TPSA) is 77.8 Å². The number of aryl methyl sites for hydroxylation is 1. The van der Waals surface area contributed by atoms with Crippen LogP contribution in [0.25, 0.3) is 0 Å². The molecule has 6 nitrogen and oxygen atoms in total. The van der Waals surface area contributed by atoms with Crippen LogP contribution in [-0.2, 0) is 19.1 Å². The predicted molar refractivity (Wildman–Crippen MR) is 97.8 cm³/mol. The van der Waals surface area contributed by atoms with Gasteiger partial charge in [-0.1, -0.05) is 0 Å². The molecule has 1 aromatic heterocycles. The molecule has 144 valence electrons. The van der Waals surface area contributed by atoms with Crippen molar-refractivity contribution in [2.75, 3.05) is 13.2 Å². The highest BCUT2D eigenvalue weighted by atomic mass is 16.6. The molecule has 0 bridgehead atoms. The largest absolute Gasteiger partial charge is 0.465 e. The van der Waals surface area contributed by atoms with Crippen molar-refractivity contribution in [1.29, 1.82) is 0 Å². The van der Waals surface area contributed by atoms with Gasteiger partial charge in [0.25, 0.3) is 0 Å². The minimum absolute atomic E-state index is 0.0400. The number of carbonyl (C=O) groups excluding carboxylic acids is 2. The Bertz CT molecular complexity index is 825. The van der Waals surface area contributed by atoms with E-state index in [1.807, 2.05) is 26.0 Å². The molecule has 0 spiro atoms. The minimum atomic E-state index is -0.514. The van der Waals surface area contributed by atoms with E-state index < -0.39 is 11.9 Å². The van der Waals surface area contributed by atoms with Crippen LogP contribution in [0.2, 0.25) is 0 Å². The van der Waals surface area contributed by atoms with Crippen LogP contribution in [0.15, 0.2) is 39.1 Å². The summed E-state index contributed by atoms with van der Waals surface area (Å²) in [5, 5.41) is 3.28. The zero-order chi connectivity index (χ0) is 19.0. The number of ether oxygens (including phenoxy) is 2. The van der Waals surface area contributed by atoms with E-state index >= 15 is 0 Å². The monoisotopic (exact) mass is 371 g/mol. The van der Waals surface area contributed by atoms with Crippen molar-refractivity contribution in [3.63, 3.8) is 0 Å². The molecule has 27 heavy (non-hydrogen) atoms. The molecule has 2 atom stereocenters. The lowest BCUT2D eigenvalue weighted by Crippen LogP contribution is -2.34. The van der Waals surface area contributed by atoms with Gasteiger partial charge in [-0.2, -0.15) is 0 Å². The molecule has 0 aromatic carbocycles. The van der Waals surface area contributed by atoms with Gasteiger partial charge >= 0.3 is 5.97 Å². The Labute approximate surface area is 158 Å². The Morgan fingerprint density at radius 1 is 1.26 bits per heavy atom. The Kier molecular flexibility index (Phi) is 4.91. The summed E-state index contributed by atoms with van der Waals surface area (Å²) in [4.78, 5) is 25.7. The van der Waals surface area contributed by atoms with Crippen LogP contribution >= 0.6 is 0 Å². The maximum absolute atomic E-state index is 13.0. The minimum Gasteiger partial charge on any atom is -0.465 e. The quantitative estimate of drug-likeness (QED) is 0.819. The first-order chi connectivity index (χ1) is 13.0. The highest BCUT2D eigenvalue weighted by Crippen LogP contribution is 2.43. The fourth-order valence-electron chi connectivity index (χ4n) is 4.17. The van der Waals surface area contributed by atoms with Crippen LogP contribution in [0.3, 0.4) is 0 Å². The number of allylic oxidation sites excluding steroid dienone is 3. The first-order valence-corrected chi connectivity index (χ1v) is 9.63. The standard InChI is InChI=1S/C21H25NO5/c1-12-8-9-17(27-12)20-18(21(24)26-11-14-5-4-10-25-14)13(2)22-15-6-3-7-16(23)19(15)20/h8-9,14,20,22H,3-7,10-11H2,1-2H3. The van der Waals surface area contributed by atoms with Crippen molar-refractivity contribution in [1.82, 2.24) is 5.32 Å². The molecule has 1 N–H and O–H groups in total. The smallest absolute Gasteiger partial charge is 0.336 e. The van der Waals surface area contributed by atoms with Gasteiger partial charge in [0.2, 0.25) is 0 Å². The number of ketones is 1. The zero-order valence-electron chi connectivity index (χ0n) is 15.8. The van der Waals surface area contributed by atoms with E-state index in [2.05, 4.69) is 5.32 Å². The molecule has 6 heteroatoms. The molecule has 4 rings (SSSR count). The molecule has 3 heterocycles. The Hall–Kier alpha value is -2.34. The molecule has 2 aliphatic heterocycles. The number of rotatable bonds is 4. The Morgan fingerprint density at radius 2 is 2.11 bits per heavy atom. The summed E-state index contributed by atoms with van der Waals surface area (Å²) in [5.74, 6) is 0.498. The van der Waals surface area contributed by atoms with Crippen molar-refractivity contribution in [2.24, 2.45) is 0 Å². The van der Waals surface area contributed by atoms with Gasteiger partial charge < -0.3 is 19.2 Å². The van der Waals surface area contributed by atoms with Gasteiger partial charge in [0.05, 0.1) is 17.6 Å². The third kappa shape index (κ3) is 3.46. The summed E-state index contributed by atoms with van der Waals surface area (Å²) < 4.78 is 17.0. The molecule has 1 fully saturated rings. The van der Waals surface area contributed by atoms with Gasteiger partial charge in [0.1, 0.15) is 18.1 Å². The van der Waals surface area contributed by atoms with E-state index in [4.69, 9.17) is 13.9 Å². The van der Waals surface area contributed by atoms with Gasteiger partial charge in [0.15, 0.2) is 5.78 Å². The lowest BCUT2D eigenvalue weighted by atomic mass is 9.77. The summed E-state index contributed by atoms with van der Waals surface area (Å²) in [7, 11) is 0. The average molecular weight is 371 g/mol. The summed E-state index contributed by atoms with van der Waals surface area (Å²) >= 11 is 0. The lowest BCUT2D eigenvalue weighted by molar-refractivity contribution is -0.142. The van der Waals surface area contributed by atoms with Crippen molar-refractivity contribution in [3.8, 4) is 0 Å². The van der Waals surface area contributed by atoms with E-state index in [0.717, 1.165) is 42.8 Å². The number of Topliss-reactive ketones (excluding diaryl/α,β-unsaturated/α-hetero) is 1. The van der Waals surface area contributed by atoms with Gasteiger partial charge in [-0.15, -0.1) is 0 Å². The predicted octanol–water partition coefficient (Wildman–Crippen LogP) is 3.28. The third-order valence-electron chi connectivity index (χ3n) is 5.47. The molecule has 0 saturated carbocycles. The zero-order valence-corrected chi connectivity index (χ0v) is 15.8. The van der Waals surface area contributed by atoms with Crippen LogP contribution in [-0.4, -0.2) is 31.1 Å². The third-order valence-corrected chi connectivity index (χ3v) is 5.47. The van der Waals surface area contributed by atoms with Crippen LogP contribution in [0, 0.1) is 6.92 Å². The fraction of sp³-hybridized carbons (Fsp3) is 0.524. The summed E-state index contributed by atoms with van der Waals surface area (Å²) in [6, 6.07) is 3.70. The van der Waals surface area contributed by atoms with E-state index in [0.29, 0.717) is 29.9 Å². The second-order valence-electron chi connectivity index (χ2n) is 7.45. The molecule has 0 radical (unpaired) electrons. The van der Waals surface area contributed by atoms with Gasteiger partial charge in [-0.25, -0.2) is 4.79 Å². The first kappa shape index (κ1) is 18.0. The second kappa shape index (κ2) is 7.35. The summed E-state index contributed by atoms with van der Waals surface area (Å²) in [6.45, 7) is 4.66. The number of carbonyl (C=O) groups is 2. The molecule has 2 unspecified atom stereocenters. The number of nitrogens with one attached hydrogen (secondary N) is 1. The van der Waals surface area contributed by atoms with Crippen molar-refractivity contribution >= 4 is 11.8 Å². The molecule has 3 aliphatic rings. The van der Waals surface area contributed by atoms with Crippen molar-refractivity contribution in [3.05, 3.63) is 46.2 Å². The number of hydrogen-bond acceptors (Lipinski definition) is 6.